The van der Waals surface area contributed by atoms with E-state index in [2.05, 4.69) is 10.6 Å². The van der Waals surface area contributed by atoms with Gasteiger partial charge in [0.25, 0.3) is 5.91 Å². The van der Waals surface area contributed by atoms with E-state index in [1.165, 1.54) is 0 Å². The molecule has 0 saturated carbocycles. The van der Waals surface area contributed by atoms with Crippen LogP contribution in [-0.2, 0) is 18.3 Å². The number of carbonyl (C=O) groups excluding carboxylic acids is 2. The number of aryl methyl sites for hydroxylation is 1. The predicted molar refractivity (Wildman–Crippen MR) is 104 cm³/mol. The Morgan fingerprint density at radius 3 is 2.57 bits per heavy atom. The summed E-state index contributed by atoms with van der Waals surface area (Å²) >= 11 is 0. The van der Waals surface area contributed by atoms with Gasteiger partial charge in [-0.3, -0.25) is 9.59 Å². The minimum atomic E-state index is -0.330. The summed E-state index contributed by atoms with van der Waals surface area (Å²) in [5.74, 6) is 0.716. The van der Waals surface area contributed by atoms with Crippen LogP contribution in [0.4, 0.5) is 0 Å². The number of aromatic nitrogens is 1. The molecule has 0 aliphatic carbocycles. The number of ether oxygens (including phenoxy) is 2. The van der Waals surface area contributed by atoms with E-state index in [1.807, 2.05) is 18.2 Å². The molecule has 0 saturated heterocycles. The first kappa shape index (κ1) is 19.3. The number of fused-ring (bicyclic) bond motifs is 1. The molecule has 3 rings (SSSR count). The largest absolute Gasteiger partial charge is 0.493 e. The van der Waals surface area contributed by atoms with Crippen molar-refractivity contribution in [3.05, 3.63) is 47.9 Å². The van der Waals surface area contributed by atoms with Gasteiger partial charge in [0.05, 0.1) is 32.5 Å². The lowest BCUT2D eigenvalue weighted by Crippen LogP contribution is -2.38. The van der Waals surface area contributed by atoms with Crippen molar-refractivity contribution in [2.45, 2.75) is 6.42 Å². The van der Waals surface area contributed by atoms with Crippen LogP contribution in [0.1, 0.15) is 16.1 Å². The van der Waals surface area contributed by atoms with Crippen molar-refractivity contribution < 1.29 is 23.5 Å². The Kier molecular flexibility index (Phi) is 5.88. The van der Waals surface area contributed by atoms with E-state index in [-0.39, 0.29) is 18.4 Å². The van der Waals surface area contributed by atoms with Gasteiger partial charge in [-0.2, -0.15) is 0 Å². The van der Waals surface area contributed by atoms with Gasteiger partial charge in [-0.1, -0.05) is 6.07 Å². The van der Waals surface area contributed by atoms with Crippen LogP contribution in [0, 0.1) is 0 Å². The number of amides is 2. The molecule has 0 unspecified atom stereocenters. The van der Waals surface area contributed by atoms with Gasteiger partial charge in [-0.25, -0.2) is 0 Å². The topological polar surface area (TPSA) is 94.7 Å². The second-order valence-electron chi connectivity index (χ2n) is 6.23. The number of methoxy groups -OCH3 is 2. The molecule has 28 heavy (non-hydrogen) atoms. The molecule has 0 aliphatic rings. The highest BCUT2D eigenvalue weighted by Crippen LogP contribution is 2.27. The summed E-state index contributed by atoms with van der Waals surface area (Å²) < 4.78 is 17.5. The Balaban J connectivity index is 1.46. The molecule has 3 aromatic rings. The van der Waals surface area contributed by atoms with Crippen LogP contribution in [-0.4, -0.2) is 43.7 Å². The zero-order valence-corrected chi connectivity index (χ0v) is 16.1. The minimum absolute atomic E-state index is 0.0999. The number of carbonyl (C=O) groups is 2. The van der Waals surface area contributed by atoms with E-state index >= 15 is 0 Å². The standard InChI is InChI=1S/C20H23N3O5/c1-23-14-7-9-28-17(14)11-15(23)20(25)22-12-19(24)21-8-6-13-4-5-16(26-2)18(10-13)27-3/h4-5,7,9-11H,6,8,12H2,1-3H3,(H,21,24)(H,22,25). The molecular weight excluding hydrogens is 362 g/mol. The normalized spacial score (nSPS) is 10.7. The zero-order valence-electron chi connectivity index (χ0n) is 16.1. The third-order valence-electron chi connectivity index (χ3n) is 4.49. The van der Waals surface area contributed by atoms with Crippen LogP contribution in [0.2, 0.25) is 0 Å². The van der Waals surface area contributed by atoms with Gasteiger partial charge in [-0.05, 0) is 24.1 Å². The molecule has 0 bridgehead atoms. The van der Waals surface area contributed by atoms with Crippen LogP contribution in [0.25, 0.3) is 11.1 Å². The molecule has 0 radical (unpaired) electrons. The van der Waals surface area contributed by atoms with Crippen LogP contribution >= 0.6 is 0 Å². The predicted octanol–water partition coefficient (Wildman–Crippen LogP) is 1.88. The van der Waals surface area contributed by atoms with E-state index in [0.717, 1.165) is 11.1 Å². The molecule has 2 heterocycles. The molecule has 1 aromatic carbocycles. The molecule has 8 heteroatoms. The Morgan fingerprint density at radius 2 is 1.86 bits per heavy atom. The second kappa shape index (κ2) is 8.51. The van der Waals surface area contributed by atoms with Crippen molar-refractivity contribution in [1.82, 2.24) is 15.2 Å². The minimum Gasteiger partial charge on any atom is -0.493 e. The monoisotopic (exact) mass is 385 g/mol. The fourth-order valence-electron chi connectivity index (χ4n) is 2.96. The van der Waals surface area contributed by atoms with E-state index in [4.69, 9.17) is 13.9 Å². The number of nitrogens with zero attached hydrogens (tertiary/aromatic N) is 1. The van der Waals surface area contributed by atoms with Gasteiger partial charge in [0, 0.05) is 25.7 Å². The third-order valence-corrected chi connectivity index (χ3v) is 4.49. The van der Waals surface area contributed by atoms with Crippen molar-refractivity contribution >= 4 is 22.9 Å². The van der Waals surface area contributed by atoms with Crippen LogP contribution < -0.4 is 20.1 Å². The van der Waals surface area contributed by atoms with Crippen LogP contribution in [0.15, 0.2) is 41.0 Å². The SMILES string of the molecule is COc1ccc(CCNC(=O)CNC(=O)c2cc3occc3n2C)cc1OC. The maximum Gasteiger partial charge on any atom is 0.268 e. The van der Waals surface area contributed by atoms with Gasteiger partial charge in [0.2, 0.25) is 5.91 Å². The second-order valence-corrected chi connectivity index (χ2v) is 6.23. The lowest BCUT2D eigenvalue weighted by atomic mass is 10.1. The van der Waals surface area contributed by atoms with Crippen LogP contribution in [0.3, 0.4) is 0 Å². The first-order valence-corrected chi connectivity index (χ1v) is 8.82. The summed E-state index contributed by atoms with van der Waals surface area (Å²) in [6.45, 7) is 0.346. The van der Waals surface area contributed by atoms with Gasteiger partial charge in [-0.15, -0.1) is 0 Å². The van der Waals surface area contributed by atoms with Gasteiger partial charge < -0.3 is 29.1 Å². The fraction of sp³-hybridized carbons (Fsp3) is 0.300. The van der Waals surface area contributed by atoms with E-state index in [0.29, 0.717) is 35.7 Å². The molecule has 2 amide bonds. The zero-order chi connectivity index (χ0) is 20.1. The van der Waals surface area contributed by atoms with E-state index in [1.54, 1.807) is 44.2 Å². The summed E-state index contributed by atoms with van der Waals surface area (Å²) in [4.78, 5) is 24.3. The number of hydrogen-bond acceptors (Lipinski definition) is 5. The van der Waals surface area contributed by atoms with Crippen LogP contribution in [0.5, 0.6) is 11.5 Å². The molecule has 2 aromatic heterocycles. The highest BCUT2D eigenvalue weighted by atomic mass is 16.5. The molecular formula is C20H23N3O5. The van der Waals surface area contributed by atoms with Crippen molar-refractivity contribution in [1.29, 1.82) is 0 Å². The van der Waals surface area contributed by atoms with Crippen molar-refractivity contribution in [2.75, 3.05) is 27.3 Å². The summed E-state index contributed by atoms with van der Waals surface area (Å²) in [5, 5.41) is 5.41. The number of hydrogen-bond donors (Lipinski definition) is 2. The summed E-state index contributed by atoms with van der Waals surface area (Å²) in [6.07, 6.45) is 2.20. The maximum atomic E-state index is 12.3. The van der Waals surface area contributed by atoms with Gasteiger partial charge >= 0.3 is 0 Å². The van der Waals surface area contributed by atoms with Crippen molar-refractivity contribution in [3.8, 4) is 11.5 Å². The van der Waals surface area contributed by atoms with E-state index in [9.17, 15) is 9.59 Å². The van der Waals surface area contributed by atoms with Gasteiger partial charge in [0.1, 0.15) is 5.69 Å². The molecule has 8 nitrogen and oxygen atoms in total. The number of benzene rings is 1. The summed E-state index contributed by atoms with van der Waals surface area (Å²) in [7, 11) is 4.94. The molecule has 0 atom stereocenters. The molecule has 0 fully saturated rings. The average molecular weight is 385 g/mol. The van der Waals surface area contributed by atoms with Crippen molar-refractivity contribution in [2.24, 2.45) is 7.05 Å². The molecule has 2 N–H and O–H groups in total. The Labute approximate surface area is 162 Å². The molecule has 148 valence electrons. The Morgan fingerprint density at radius 1 is 1.07 bits per heavy atom. The Bertz CT molecular complexity index is 989. The highest BCUT2D eigenvalue weighted by molar-refractivity contribution is 5.99. The number of nitrogens with one attached hydrogen (secondary N) is 2. The lowest BCUT2D eigenvalue weighted by Gasteiger charge is -2.10. The van der Waals surface area contributed by atoms with Crippen molar-refractivity contribution in [3.63, 3.8) is 0 Å². The smallest absolute Gasteiger partial charge is 0.268 e. The third kappa shape index (κ3) is 4.11. The first-order valence-electron chi connectivity index (χ1n) is 8.82. The molecule has 0 spiro atoms. The quantitative estimate of drug-likeness (QED) is 0.617. The number of furan rings is 1. The summed E-state index contributed by atoms with van der Waals surface area (Å²) in [6, 6.07) is 9.05. The first-order chi connectivity index (χ1) is 13.5. The lowest BCUT2D eigenvalue weighted by molar-refractivity contribution is -0.120. The number of rotatable bonds is 8. The van der Waals surface area contributed by atoms with E-state index < -0.39 is 0 Å². The highest BCUT2D eigenvalue weighted by Gasteiger charge is 2.15. The summed E-state index contributed by atoms with van der Waals surface area (Å²) in [5.41, 5.74) is 2.90. The molecule has 0 aliphatic heterocycles. The van der Waals surface area contributed by atoms with Gasteiger partial charge in [0.15, 0.2) is 17.1 Å². The average Bonchev–Trinajstić information content (AvgIpc) is 3.29. The maximum absolute atomic E-state index is 12.3. The fourth-order valence-corrected chi connectivity index (χ4v) is 2.96. The Hall–Kier alpha value is -3.42.